The summed E-state index contributed by atoms with van der Waals surface area (Å²) in [6.07, 6.45) is 2.49. The maximum atomic E-state index is 11.9. The standard InChI is InChI=1S/C17H26N2O5/c1-6-8-9-23-13-10-12(15(20)22-7-2)11-18-14(13)19-16(21)24-17(3,4)5/h10-11H,6-9H2,1-5H3,(H,18,19,21). The summed E-state index contributed by atoms with van der Waals surface area (Å²) in [7, 11) is 0. The fourth-order valence-electron chi connectivity index (χ4n) is 1.70. The summed E-state index contributed by atoms with van der Waals surface area (Å²) in [6.45, 7) is 9.78. The lowest BCUT2D eigenvalue weighted by Gasteiger charge is -2.20. The zero-order valence-electron chi connectivity index (χ0n) is 15.0. The topological polar surface area (TPSA) is 86.8 Å². The van der Waals surface area contributed by atoms with Gasteiger partial charge in [0.25, 0.3) is 0 Å². The van der Waals surface area contributed by atoms with Gasteiger partial charge in [0.15, 0.2) is 11.6 Å². The summed E-state index contributed by atoms with van der Waals surface area (Å²) in [6, 6.07) is 1.51. The van der Waals surface area contributed by atoms with Crippen LogP contribution in [0.3, 0.4) is 0 Å². The average molecular weight is 338 g/mol. The Kier molecular flexibility index (Phi) is 7.48. The maximum Gasteiger partial charge on any atom is 0.413 e. The molecule has 1 aromatic heterocycles. The lowest BCUT2D eigenvalue weighted by Crippen LogP contribution is -2.27. The van der Waals surface area contributed by atoms with Crippen molar-refractivity contribution >= 4 is 17.9 Å². The molecule has 0 atom stereocenters. The first kappa shape index (κ1) is 19.7. The summed E-state index contributed by atoms with van der Waals surface area (Å²) in [5.74, 6) is 0.0161. The van der Waals surface area contributed by atoms with Gasteiger partial charge in [0, 0.05) is 12.3 Å². The molecule has 0 unspecified atom stereocenters. The molecule has 7 heteroatoms. The van der Waals surface area contributed by atoms with E-state index in [9.17, 15) is 9.59 Å². The second-order valence-corrected chi connectivity index (χ2v) is 6.12. The Labute approximate surface area is 142 Å². The van der Waals surface area contributed by atoms with Crippen molar-refractivity contribution in [2.24, 2.45) is 0 Å². The van der Waals surface area contributed by atoms with Crippen LogP contribution in [0.1, 0.15) is 57.8 Å². The first-order valence-corrected chi connectivity index (χ1v) is 8.06. The number of hydrogen-bond acceptors (Lipinski definition) is 6. The van der Waals surface area contributed by atoms with E-state index >= 15 is 0 Å². The third-order valence-corrected chi connectivity index (χ3v) is 2.74. The number of amides is 1. The molecule has 0 saturated heterocycles. The zero-order valence-corrected chi connectivity index (χ0v) is 15.0. The third-order valence-electron chi connectivity index (χ3n) is 2.74. The van der Waals surface area contributed by atoms with E-state index in [1.807, 2.05) is 6.92 Å². The number of unbranched alkanes of at least 4 members (excludes halogenated alkanes) is 1. The van der Waals surface area contributed by atoms with Crippen molar-refractivity contribution in [3.05, 3.63) is 17.8 Å². The molecular formula is C17H26N2O5. The summed E-state index contributed by atoms with van der Waals surface area (Å²) in [5, 5.41) is 2.54. The molecule has 1 aromatic rings. The van der Waals surface area contributed by atoms with E-state index in [4.69, 9.17) is 14.2 Å². The van der Waals surface area contributed by atoms with Crippen LogP contribution in [0.4, 0.5) is 10.6 Å². The van der Waals surface area contributed by atoms with Gasteiger partial charge in [-0.25, -0.2) is 14.6 Å². The minimum Gasteiger partial charge on any atom is -0.490 e. The number of aromatic nitrogens is 1. The van der Waals surface area contributed by atoms with Crippen molar-refractivity contribution in [3.8, 4) is 5.75 Å². The number of pyridine rings is 1. The van der Waals surface area contributed by atoms with Crippen molar-refractivity contribution in [2.75, 3.05) is 18.5 Å². The lowest BCUT2D eigenvalue weighted by molar-refractivity contribution is 0.0525. The van der Waals surface area contributed by atoms with Crippen LogP contribution in [-0.4, -0.2) is 35.9 Å². The highest BCUT2D eigenvalue weighted by Crippen LogP contribution is 2.24. The van der Waals surface area contributed by atoms with E-state index in [1.54, 1.807) is 27.7 Å². The number of esters is 1. The maximum absolute atomic E-state index is 11.9. The van der Waals surface area contributed by atoms with Crippen LogP contribution in [0.2, 0.25) is 0 Å². The number of ether oxygens (including phenoxy) is 3. The van der Waals surface area contributed by atoms with Crippen molar-refractivity contribution in [2.45, 2.75) is 53.1 Å². The molecule has 7 nitrogen and oxygen atoms in total. The molecule has 0 radical (unpaired) electrons. The molecule has 0 saturated carbocycles. The van der Waals surface area contributed by atoms with Gasteiger partial charge in [-0.2, -0.15) is 0 Å². The van der Waals surface area contributed by atoms with Crippen LogP contribution in [0.15, 0.2) is 12.3 Å². The van der Waals surface area contributed by atoms with Gasteiger partial charge in [-0.05, 0) is 34.1 Å². The first-order valence-electron chi connectivity index (χ1n) is 8.06. The second kappa shape index (κ2) is 9.10. The van der Waals surface area contributed by atoms with Gasteiger partial charge < -0.3 is 14.2 Å². The van der Waals surface area contributed by atoms with Crippen LogP contribution >= 0.6 is 0 Å². The van der Waals surface area contributed by atoms with E-state index in [2.05, 4.69) is 10.3 Å². The summed E-state index contributed by atoms with van der Waals surface area (Å²) < 4.78 is 15.8. The summed E-state index contributed by atoms with van der Waals surface area (Å²) in [5.41, 5.74) is -0.365. The van der Waals surface area contributed by atoms with E-state index in [0.717, 1.165) is 12.8 Å². The highest BCUT2D eigenvalue weighted by molar-refractivity contribution is 5.91. The largest absolute Gasteiger partial charge is 0.490 e. The number of nitrogens with one attached hydrogen (secondary N) is 1. The van der Waals surface area contributed by atoms with Gasteiger partial charge in [0.1, 0.15) is 5.60 Å². The van der Waals surface area contributed by atoms with Gasteiger partial charge in [-0.3, -0.25) is 5.32 Å². The molecule has 0 aliphatic carbocycles. The quantitative estimate of drug-likeness (QED) is 0.601. The Morgan fingerprint density at radius 1 is 1.25 bits per heavy atom. The van der Waals surface area contributed by atoms with Crippen molar-refractivity contribution in [3.63, 3.8) is 0 Å². The van der Waals surface area contributed by atoms with Crippen LogP contribution in [-0.2, 0) is 9.47 Å². The number of carbonyl (C=O) groups is 2. The molecule has 24 heavy (non-hydrogen) atoms. The van der Waals surface area contributed by atoms with Crippen LogP contribution < -0.4 is 10.1 Å². The monoisotopic (exact) mass is 338 g/mol. The Hall–Kier alpha value is -2.31. The molecule has 1 rings (SSSR count). The predicted octanol–water partition coefficient (Wildman–Crippen LogP) is 3.78. The molecule has 0 aromatic carbocycles. The lowest BCUT2D eigenvalue weighted by atomic mass is 10.2. The van der Waals surface area contributed by atoms with Gasteiger partial charge in [-0.1, -0.05) is 13.3 Å². The molecule has 1 heterocycles. The molecule has 134 valence electrons. The molecule has 0 aliphatic heterocycles. The molecule has 0 aliphatic rings. The van der Waals surface area contributed by atoms with Crippen molar-refractivity contribution < 1.29 is 23.8 Å². The fourth-order valence-corrected chi connectivity index (χ4v) is 1.70. The summed E-state index contributed by atoms with van der Waals surface area (Å²) in [4.78, 5) is 27.8. The van der Waals surface area contributed by atoms with Crippen LogP contribution in [0, 0.1) is 0 Å². The van der Waals surface area contributed by atoms with Gasteiger partial charge in [0.05, 0.1) is 18.8 Å². The second-order valence-electron chi connectivity index (χ2n) is 6.12. The van der Waals surface area contributed by atoms with Gasteiger partial charge >= 0.3 is 12.1 Å². The molecule has 0 fully saturated rings. The zero-order chi connectivity index (χ0) is 18.2. The summed E-state index contributed by atoms with van der Waals surface area (Å²) >= 11 is 0. The average Bonchev–Trinajstić information content (AvgIpc) is 2.47. The molecule has 1 amide bonds. The van der Waals surface area contributed by atoms with Gasteiger partial charge in [0.2, 0.25) is 0 Å². The fraction of sp³-hybridized carbons (Fsp3) is 0.588. The normalized spacial score (nSPS) is 10.9. The number of carbonyl (C=O) groups excluding carboxylic acids is 2. The molecular weight excluding hydrogens is 312 g/mol. The van der Waals surface area contributed by atoms with Crippen molar-refractivity contribution in [1.29, 1.82) is 0 Å². The first-order chi connectivity index (χ1) is 11.3. The van der Waals surface area contributed by atoms with Crippen LogP contribution in [0.5, 0.6) is 5.75 Å². The van der Waals surface area contributed by atoms with Gasteiger partial charge in [-0.15, -0.1) is 0 Å². The number of nitrogens with zero attached hydrogens (tertiary/aromatic N) is 1. The molecule has 0 spiro atoms. The SMILES string of the molecule is CCCCOc1cc(C(=O)OCC)cnc1NC(=O)OC(C)(C)C. The Morgan fingerprint density at radius 3 is 2.54 bits per heavy atom. The minimum absolute atomic E-state index is 0.202. The minimum atomic E-state index is -0.640. The highest BCUT2D eigenvalue weighted by Gasteiger charge is 2.19. The number of anilines is 1. The van der Waals surface area contributed by atoms with Crippen LogP contribution in [0.25, 0.3) is 0 Å². The van der Waals surface area contributed by atoms with E-state index < -0.39 is 17.7 Å². The van der Waals surface area contributed by atoms with E-state index in [-0.39, 0.29) is 18.0 Å². The Bertz CT molecular complexity index is 567. The highest BCUT2D eigenvalue weighted by atomic mass is 16.6. The Morgan fingerprint density at radius 2 is 1.96 bits per heavy atom. The Balaban J connectivity index is 2.95. The smallest absolute Gasteiger partial charge is 0.413 e. The third kappa shape index (κ3) is 6.85. The van der Waals surface area contributed by atoms with Crippen molar-refractivity contribution in [1.82, 2.24) is 4.98 Å². The van der Waals surface area contributed by atoms with E-state index in [1.165, 1.54) is 12.3 Å². The number of hydrogen-bond donors (Lipinski definition) is 1. The predicted molar refractivity (Wildman–Crippen MR) is 90.5 cm³/mol. The van der Waals surface area contributed by atoms with E-state index in [0.29, 0.717) is 12.4 Å². The molecule has 0 bridgehead atoms. The molecule has 1 N–H and O–H groups in total. The number of rotatable bonds is 7.